The summed E-state index contributed by atoms with van der Waals surface area (Å²) in [7, 11) is 0. The van der Waals surface area contributed by atoms with Crippen LogP contribution < -0.4 is 5.32 Å². The number of thiophene rings is 1. The standard InChI is InChI=1S/C23H26N2O2S/c1-5-17-8-10-18(11-9-17)23(20-7-6-12-28-20)24-13-19(27)22-14(2)21(16(4)26)15(3)25-22/h6-12,23-25H,5,13H2,1-4H3/t23-/m1/s1. The van der Waals surface area contributed by atoms with Crippen molar-refractivity contribution in [2.45, 2.75) is 40.2 Å². The van der Waals surface area contributed by atoms with E-state index in [1.54, 1.807) is 11.3 Å². The Morgan fingerprint density at radius 2 is 1.86 bits per heavy atom. The third-order valence-corrected chi connectivity index (χ3v) is 6.02. The number of H-pyrrole nitrogens is 1. The van der Waals surface area contributed by atoms with Crippen molar-refractivity contribution < 1.29 is 9.59 Å². The Morgan fingerprint density at radius 3 is 2.39 bits per heavy atom. The highest BCUT2D eigenvalue weighted by atomic mass is 32.1. The first kappa shape index (κ1) is 20.2. The van der Waals surface area contributed by atoms with Gasteiger partial charge in [-0.2, -0.15) is 0 Å². The fourth-order valence-electron chi connectivity index (χ4n) is 3.62. The molecule has 0 fully saturated rings. The molecule has 1 aromatic carbocycles. The van der Waals surface area contributed by atoms with Crippen LogP contribution in [-0.4, -0.2) is 23.1 Å². The molecule has 0 unspecified atom stereocenters. The lowest BCUT2D eigenvalue weighted by molar-refractivity contribution is 0.0983. The number of hydrogen-bond donors (Lipinski definition) is 2. The number of aromatic nitrogens is 1. The van der Waals surface area contributed by atoms with E-state index >= 15 is 0 Å². The van der Waals surface area contributed by atoms with Gasteiger partial charge in [-0.1, -0.05) is 37.3 Å². The van der Waals surface area contributed by atoms with E-state index in [9.17, 15) is 9.59 Å². The molecule has 2 heterocycles. The van der Waals surface area contributed by atoms with Crippen LogP contribution in [0.5, 0.6) is 0 Å². The number of carbonyl (C=O) groups excluding carboxylic acids is 2. The molecule has 1 atom stereocenters. The van der Waals surface area contributed by atoms with E-state index in [0.29, 0.717) is 11.3 Å². The Morgan fingerprint density at radius 1 is 1.14 bits per heavy atom. The van der Waals surface area contributed by atoms with Crippen LogP contribution in [0.3, 0.4) is 0 Å². The summed E-state index contributed by atoms with van der Waals surface area (Å²) in [6, 6.07) is 12.6. The smallest absolute Gasteiger partial charge is 0.193 e. The number of ketones is 2. The molecule has 3 rings (SSSR count). The molecule has 0 bridgehead atoms. The largest absolute Gasteiger partial charge is 0.355 e. The Labute approximate surface area is 170 Å². The van der Waals surface area contributed by atoms with Crippen molar-refractivity contribution in [3.63, 3.8) is 0 Å². The number of aryl methyl sites for hydroxylation is 2. The summed E-state index contributed by atoms with van der Waals surface area (Å²) in [6.07, 6.45) is 1.000. The van der Waals surface area contributed by atoms with Crippen LogP contribution in [0.2, 0.25) is 0 Å². The average molecular weight is 395 g/mol. The maximum absolute atomic E-state index is 12.9. The molecule has 28 heavy (non-hydrogen) atoms. The maximum Gasteiger partial charge on any atom is 0.193 e. The fraction of sp³-hybridized carbons (Fsp3) is 0.304. The van der Waals surface area contributed by atoms with Gasteiger partial charge in [0.15, 0.2) is 11.6 Å². The van der Waals surface area contributed by atoms with Crippen molar-refractivity contribution in [2.75, 3.05) is 6.54 Å². The Balaban J connectivity index is 1.81. The Kier molecular flexibility index (Phi) is 6.27. The molecule has 0 spiro atoms. The second-order valence-electron chi connectivity index (χ2n) is 7.03. The molecule has 0 saturated heterocycles. The molecule has 2 aromatic heterocycles. The van der Waals surface area contributed by atoms with Gasteiger partial charge in [-0.25, -0.2) is 0 Å². The first-order valence-corrected chi connectivity index (χ1v) is 10.4. The van der Waals surface area contributed by atoms with Gasteiger partial charge in [0, 0.05) is 16.1 Å². The number of carbonyl (C=O) groups is 2. The number of hydrogen-bond acceptors (Lipinski definition) is 4. The van der Waals surface area contributed by atoms with E-state index in [1.165, 1.54) is 17.4 Å². The summed E-state index contributed by atoms with van der Waals surface area (Å²) in [5.74, 6) is -0.0643. The van der Waals surface area contributed by atoms with E-state index in [-0.39, 0.29) is 24.2 Å². The zero-order valence-corrected chi connectivity index (χ0v) is 17.6. The minimum Gasteiger partial charge on any atom is -0.355 e. The molecular weight excluding hydrogens is 368 g/mol. The van der Waals surface area contributed by atoms with Gasteiger partial charge in [-0.15, -0.1) is 11.3 Å². The summed E-state index contributed by atoms with van der Waals surface area (Å²) in [4.78, 5) is 29.0. The van der Waals surface area contributed by atoms with Crippen LogP contribution >= 0.6 is 11.3 Å². The molecule has 5 heteroatoms. The van der Waals surface area contributed by atoms with E-state index in [2.05, 4.69) is 47.6 Å². The van der Waals surface area contributed by atoms with E-state index in [1.807, 2.05) is 25.3 Å². The first-order valence-electron chi connectivity index (χ1n) is 9.51. The summed E-state index contributed by atoms with van der Waals surface area (Å²) in [5, 5.41) is 5.46. The number of aromatic amines is 1. The van der Waals surface area contributed by atoms with E-state index in [0.717, 1.165) is 23.2 Å². The van der Waals surface area contributed by atoms with Crippen LogP contribution in [0.1, 0.15) is 68.0 Å². The van der Waals surface area contributed by atoms with Crippen molar-refractivity contribution in [1.82, 2.24) is 10.3 Å². The topological polar surface area (TPSA) is 62.0 Å². The van der Waals surface area contributed by atoms with Gasteiger partial charge < -0.3 is 4.98 Å². The molecule has 0 radical (unpaired) electrons. The van der Waals surface area contributed by atoms with Crippen LogP contribution in [0.4, 0.5) is 0 Å². The van der Waals surface area contributed by atoms with Crippen molar-refractivity contribution >= 4 is 22.9 Å². The second kappa shape index (κ2) is 8.67. The SMILES string of the molecule is CCc1ccc([C@@H](NCC(=O)c2[nH]c(C)c(C(C)=O)c2C)c2cccs2)cc1. The number of benzene rings is 1. The highest BCUT2D eigenvalue weighted by molar-refractivity contribution is 7.10. The maximum atomic E-state index is 12.9. The summed E-state index contributed by atoms with van der Waals surface area (Å²) >= 11 is 1.67. The molecule has 2 N–H and O–H groups in total. The van der Waals surface area contributed by atoms with Crippen LogP contribution in [0, 0.1) is 13.8 Å². The van der Waals surface area contributed by atoms with Crippen molar-refractivity contribution in [3.05, 3.63) is 80.3 Å². The van der Waals surface area contributed by atoms with Crippen LogP contribution in [0.25, 0.3) is 0 Å². The monoisotopic (exact) mass is 394 g/mol. The van der Waals surface area contributed by atoms with Gasteiger partial charge in [-0.05, 0) is 55.3 Å². The van der Waals surface area contributed by atoms with E-state index in [4.69, 9.17) is 0 Å². The lowest BCUT2D eigenvalue weighted by Crippen LogP contribution is -2.28. The van der Waals surface area contributed by atoms with Crippen molar-refractivity contribution in [1.29, 1.82) is 0 Å². The predicted molar refractivity (Wildman–Crippen MR) is 115 cm³/mol. The third kappa shape index (κ3) is 4.16. The van der Waals surface area contributed by atoms with Gasteiger partial charge in [0.2, 0.25) is 0 Å². The highest BCUT2D eigenvalue weighted by Crippen LogP contribution is 2.27. The number of Topliss-reactive ketones (excluding diaryl/α,β-unsaturated/α-hetero) is 2. The van der Waals surface area contributed by atoms with Gasteiger partial charge in [0.05, 0.1) is 18.3 Å². The quantitative estimate of drug-likeness (QED) is 0.527. The average Bonchev–Trinajstić information content (AvgIpc) is 3.30. The highest BCUT2D eigenvalue weighted by Gasteiger charge is 2.21. The number of nitrogens with one attached hydrogen (secondary N) is 2. The van der Waals surface area contributed by atoms with Crippen LogP contribution in [-0.2, 0) is 6.42 Å². The minimum atomic E-state index is -0.0431. The lowest BCUT2D eigenvalue weighted by atomic mass is 10.0. The molecule has 3 aromatic rings. The summed E-state index contributed by atoms with van der Waals surface area (Å²) < 4.78 is 0. The van der Waals surface area contributed by atoms with Crippen molar-refractivity contribution in [2.24, 2.45) is 0 Å². The molecule has 0 saturated carbocycles. The molecule has 146 valence electrons. The van der Waals surface area contributed by atoms with Crippen molar-refractivity contribution in [3.8, 4) is 0 Å². The molecule has 0 aliphatic heterocycles. The Bertz CT molecular complexity index is 969. The zero-order chi connectivity index (χ0) is 20.3. The number of rotatable bonds is 8. The summed E-state index contributed by atoms with van der Waals surface area (Å²) in [5.41, 5.74) is 5.04. The molecule has 4 nitrogen and oxygen atoms in total. The van der Waals surface area contributed by atoms with E-state index < -0.39 is 0 Å². The molecule has 0 aliphatic carbocycles. The van der Waals surface area contributed by atoms with Gasteiger partial charge in [0.25, 0.3) is 0 Å². The molecule has 0 aliphatic rings. The third-order valence-electron chi connectivity index (χ3n) is 5.08. The Hall–Kier alpha value is -2.50. The fourth-order valence-corrected chi connectivity index (χ4v) is 4.45. The zero-order valence-electron chi connectivity index (χ0n) is 16.8. The molecule has 0 amide bonds. The van der Waals surface area contributed by atoms with Gasteiger partial charge in [-0.3, -0.25) is 14.9 Å². The first-order chi connectivity index (χ1) is 13.4. The summed E-state index contributed by atoms with van der Waals surface area (Å²) in [6.45, 7) is 7.52. The van der Waals surface area contributed by atoms with Crippen LogP contribution in [0.15, 0.2) is 41.8 Å². The normalized spacial score (nSPS) is 12.1. The predicted octanol–water partition coefficient (Wildman–Crippen LogP) is 5.02. The minimum absolute atomic E-state index is 0.0225. The second-order valence-corrected chi connectivity index (χ2v) is 8.01. The lowest BCUT2D eigenvalue weighted by Gasteiger charge is -2.18. The van der Waals surface area contributed by atoms with Gasteiger partial charge >= 0.3 is 0 Å². The van der Waals surface area contributed by atoms with Gasteiger partial charge in [0.1, 0.15) is 0 Å². The molecular formula is C23H26N2O2S.